The van der Waals surface area contributed by atoms with Gasteiger partial charge in [0.05, 0.1) is 123 Å². The first-order valence-electron chi connectivity index (χ1n) is 44.9. The summed E-state index contributed by atoms with van der Waals surface area (Å²) in [4.78, 5) is 109. The summed E-state index contributed by atoms with van der Waals surface area (Å²) in [7, 11) is -3.94. The summed E-state index contributed by atoms with van der Waals surface area (Å²) in [6.07, 6.45) is -20.4. The molecule has 13 heterocycles. The lowest BCUT2D eigenvalue weighted by atomic mass is 9.98. The van der Waals surface area contributed by atoms with E-state index in [1.807, 2.05) is 0 Å². The molecule has 0 spiro atoms. The predicted molar refractivity (Wildman–Crippen MR) is 472 cm³/mol. The van der Waals surface area contributed by atoms with E-state index in [-0.39, 0.29) is 22.1 Å². The first kappa shape index (κ1) is 122. The minimum atomic E-state index is -3.94. The van der Waals surface area contributed by atoms with Crippen molar-refractivity contribution in [3.8, 4) is 0 Å². The van der Waals surface area contributed by atoms with Crippen LogP contribution in [0.3, 0.4) is 0 Å². The zero-order valence-electron chi connectivity index (χ0n) is 80.1. The average Bonchev–Trinajstić information content (AvgIpc) is 1.63. The van der Waals surface area contributed by atoms with Crippen molar-refractivity contribution in [2.75, 3.05) is 47.3 Å². The van der Waals surface area contributed by atoms with E-state index in [0.29, 0.717) is 81.4 Å². The lowest BCUT2D eigenvalue weighted by molar-refractivity contribution is -0.191. The van der Waals surface area contributed by atoms with Gasteiger partial charge < -0.3 is 91.3 Å². The normalized spacial score (nSPS) is 29.6. The molecule has 0 aliphatic carbocycles. The molecule has 0 bridgehead atoms. The number of carbonyl (C=O) groups is 3. The monoisotopic (exact) mass is 2180 g/mol. The van der Waals surface area contributed by atoms with E-state index >= 15 is 0 Å². The Morgan fingerprint density at radius 1 is 0.372 bits per heavy atom. The molecule has 13 N–H and O–H groups in total. The van der Waals surface area contributed by atoms with Crippen molar-refractivity contribution in [3.05, 3.63) is 184 Å². The van der Waals surface area contributed by atoms with E-state index in [2.05, 4.69) is 53.9 Å². The van der Waals surface area contributed by atoms with Gasteiger partial charge in [-0.05, 0) is 62.8 Å². The second kappa shape index (κ2) is 48.3. The fraction of sp³-hybridized carbons (Fsp3) is 0.598. The first-order chi connectivity index (χ1) is 68.5. The third-order valence-electron chi connectivity index (χ3n) is 24.8. The number of ether oxygens (including phenoxy) is 8. The standard InChI is InChI=1S/C18H18F3N3O3.C17H16F3N3O4.C11H14F3N3O2.C10H12F3N3O3.C9H10F3N3O4.C8H14F2O4S.C7H12F2O2.C7H10F2O2/c1-3-13-10(2)18(20,21)16(27-13)24-9-12(19)14(23-17(24)26)22-15(25)11-7-5-4-6-8-11;1-9-12(8-24)27-15(17(9,19)20)23-7-11(18)13(22-16(23)26)21-14(25)10-5-3-2-4-6-10;1-3-7-5(2)11(13,14)9(19-7)17-4-6(12)8(15)16-10(17)18;1-2-5-6(17)10(12,13)8(19-5)16-3-4(11)7(14)15-9(16)18;10-3-1-15(8(18)14-6(3)13)7-9(11,12)5(17)4(2-16)19-7;1-4-6-5(2)8(9,10)7(13-6)14-15(3,11)12;2*1-3-5-4(2)7(8,9)6(10)11-5/h4-10,13,16H,3H2,1-2H3,(H,22,23,25,26);2-7,9,12,15,24H,8H2,1H3,(H,21,22,25,26);4-5,7,9H,3H2,1-2H3,(H2,15,16,18);3,5-6,8,17H,2H2,1H3,(H2,14,15,18);1,4-5,7,16-17H,2H2,(H2,13,14,18);5-7H,4H2,1-3H3;4-6,10H,3H2,1-2H3;4-5H,3H2,1-2H3/t10-,13-,16-;9-,12-,15-;5-,7-,9-;5-,6-,8-;4-,5-,7-;5-,6-,7?;4-,5-,6?;4-,5-/m11111111/s1. The van der Waals surface area contributed by atoms with E-state index in [4.69, 9.17) is 56.2 Å². The molecule has 8 aliphatic rings. The van der Waals surface area contributed by atoms with Crippen LogP contribution >= 0.6 is 0 Å². The van der Waals surface area contributed by atoms with Gasteiger partial charge in [-0.25, -0.2) is 98.8 Å². The minimum absolute atomic E-state index is 0.118. The lowest BCUT2D eigenvalue weighted by Gasteiger charge is -2.22. The van der Waals surface area contributed by atoms with Crippen molar-refractivity contribution < 1.29 is 183 Å². The number of halogens is 21. The lowest BCUT2D eigenvalue weighted by Crippen LogP contribution is -2.42. The number of aliphatic hydroxyl groups excluding tert-OH is 5. The number of aliphatic hydroxyl groups is 5. The zero-order valence-corrected chi connectivity index (χ0v) is 81.0. The summed E-state index contributed by atoms with van der Waals surface area (Å²) < 4.78 is 353. The summed E-state index contributed by atoms with van der Waals surface area (Å²) in [5.74, 6) is -45.7. The molecule has 8 aliphatic heterocycles. The molecule has 0 radical (unpaired) electrons. The van der Waals surface area contributed by atoms with Crippen molar-refractivity contribution >= 4 is 57.0 Å². The second-order valence-corrected chi connectivity index (χ2v) is 36.2. The van der Waals surface area contributed by atoms with Crippen molar-refractivity contribution in [2.45, 2.75) is 274 Å². The number of cyclic esters (lactones) is 1. The maximum Gasteiger partial charge on any atom is 0.377 e. The molecular weight excluding hydrogens is 2070 g/mol. The summed E-state index contributed by atoms with van der Waals surface area (Å²) in [6.45, 7) is 16.4. The second-order valence-electron chi connectivity index (χ2n) is 34.6. The molecule has 2 amide bonds. The largest absolute Gasteiger partial charge is 0.457 e. The van der Waals surface area contributed by atoms with E-state index < -0.39 is 315 Å². The van der Waals surface area contributed by atoms with Crippen LogP contribution in [0.25, 0.3) is 0 Å². The summed E-state index contributed by atoms with van der Waals surface area (Å²) >= 11 is 0. The number of hydrogen-bond donors (Lipinski definition) is 10. The molecule has 8 saturated heterocycles. The third-order valence-corrected chi connectivity index (χ3v) is 25.4. The number of benzene rings is 2. The molecule has 39 nitrogen and oxygen atoms in total. The fourth-order valence-electron chi connectivity index (χ4n) is 15.6. The summed E-state index contributed by atoms with van der Waals surface area (Å²) in [5, 5.41) is 49.7. The number of aromatic nitrogens is 10. The SMILES string of the molecule is CC[C@H]1OC(=O)C(F)(F)[C@@H]1C.CC[C@H]1OC(O)C(F)(F)[C@@H]1C.CC[C@H]1OC(OS(C)(=O)=O)C(F)(F)[C@@H]1C.CC[C@H]1O[C@@H](n2cc(F)c(N)nc2=O)C(F)(F)[C@@H]1C.CC[C@H]1O[C@@H](n2cc(F)c(N)nc2=O)C(F)(F)[C@@H]1O.CC[C@H]1O[C@@H](n2cc(F)c(NC(=O)c3ccccc3)nc2=O)C(F)(F)[C@@H]1C.C[C@@H]1[C@@H](CO)O[C@@H](n2cc(F)c(NC(=O)c3ccccc3)nc2=O)C1(F)F.Nc1nc(=O)n([C@@H]2O[C@H](CO)[C@@H](O)C2(F)F)cc1F. The highest BCUT2D eigenvalue weighted by Crippen LogP contribution is 2.52. The highest BCUT2D eigenvalue weighted by Gasteiger charge is 2.65. The van der Waals surface area contributed by atoms with E-state index in [9.17, 15) is 149 Å². The summed E-state index contributed by atoms with van der Waals surface area (Å²) in [6, 6.07) is 15.7. The Kier molecular flexibility index (Phi) is 39.7. The van der Waals surface area contributed by atoms with Gasteiger partial charge in [-0.2, -0.15) is 59.7 Å². The van der Waals surface area contributed by atoms with Gasteiger partial charge in [-0.1, -0.05) is 119 Å². The van der Waals surface area contributed by atoms with Crippen LogP contribution in [0, 0.1) is 64.6 Å². The van der Waals surface area contributed by atoms with Gasteiger partial charge in [0.1, 0.15) is 18.3 Å². The van der Waals surface area contributed by atoms with Gasteiger partial charge >= 0.3 is 64.0 Å². The van der Waals surface area contributed by atoms with Crippen LogP contribution in [0.15, 0.2) is 116 Å². The Bertz CT molecular complexity index is 5820. The van der Waals surface area contributed by atoms with Crippen molar-refractivity contribution in [2.24, 2.45) is 35.5 Å². The van der Waals surface area contributed by atoms with Gasteiger partial charge in [-0.3, -0.25) is 32.4 Å². The number of nitrogens with two attached hydrogens (primary N) is 3. The Balaban J connectivity index is 0.000000210. The number of rotatable bonds is 19. The van der Waals surface area contributed by atoms with Crippen molar-refractivity contribution in [1.82, 2.24) is 47.8 Å². The smallest absolute Gasteiger partial charge is 0.377 e. The zero-order chi connectivity index (χ0) is 112. The van der Waals surface area contributed by atoms with E-state index in [1.54, 1.807) is 71.0 Å². The number of nitrogen functional groups attached to an aromatic ring is 3. The van der Waals surface area contributed by atoms with Crippen molar-refractivity contribution in [3.63, 3.8) is 0 Å². The molecule has 15 rings (SSSR count). The number of esters is 1. The first-order valence-corrected chi connectivity index (χ1v) is 46.7. The quantitative estimate of drug-likeness (QED) is 0.0204. The summed E-state index contributed by atoms with van der Waals surface area (Å²) in [5.41, 5.74) is 9.76. The molecule has 2 aromatic carbocycles. The number of anilines is 5. The molecule has 0 saturated carbocycles. The fourth-order valence-corrected chi connectivity index (χ4v) is 16.1. The van der Waals surface area contributed by atoms with Gasteiger partial charge in [0, 0.05) is 11.1 Å². The Morgan fingerprint density at radius 3 is 0.899 bits per heavy atom. The van der Waals surface area contributed by atoms with Crippen LogP contribution in [-0.2, 0) is 57.0 Å². The molecule has 23 atom stereocenters. The Morgan fingerprint density at radius 2 is 0.642 bits per heavy atom. The van der Waals surface area contributed by atoms with Gasteiger partial charge in [0.2, 0.25) is 43.7 Å². The van der Waals surface area contributed by atoms with Gasteiger partial charge in [0.15, 0.2) is 64.3 Å². The van der Waals surface area contributed by atoms with Crippen LogP contribution in [0.4, 0.5) is 121 Å². The number of amides is 2. The number of nitrogens with zero attached hydrogens (tertiary/aromatic N) is 10. The molecule has 61 heteroatoms. The number of nitrogens with one attached hydrogen (secondary N) is 2. The Hall–Kier alpha value is -11.4. The molecule has 8 fully saturated rings. The number of alkyl halides is 16. The maximum absolute atomic E-state index is 14.5. The van der Waals surface area contributed by atoms with Gasteiger partial charge in [-0.15, -0.1) is 0 Å². The molecule has 5 aromatic heterocycles. The number of carbonyl (C=O) groups excluding carboxylic acids is 3. The third kappa shape index (κ3) is 26.4. The molecule has 2 unspecified atom stereocenters. The Labute approximate surface area is 825 Å². The predicted octanol–water partition coefficient (Wildman–Crippen LogP) is 10.0. The highest BCUT2D eigenvalue weighted by atomic mass is 32.2. The van der Waals surface area contributed by atoms with Crippen molar-refractivity contribution in [1.29, 1.82) is 0 Å². The van der Waals surface area contributed by atoms with E-state index in [1.165, 1.54) is 65.8 Å². The number of hydrogen-bond acceptors (Lipinski definition) is 32. The topological polar surface area (TPSA) is 546 Å². The molecule has 7 aromatic rings. The van der Waals surface area contributed by atoms with Crippen LogP contribution in [0.2, 0.25) is 0 Å². The van der Waals surface area contributed by atoms with Crippen LogP contribution in [0.5, 0.6) is 0 Å². The molecular formula is C87H106F21N15O24S. The molecule has 826 valence electrons. The van der Waals surface area contributed by atoms with Crippen LogP contribution < -0.4 is 56.3 Å². The van der Waals surface area contributed by atoms with Crippen LogP contribution in [0.1, 0.15) is 173 Å². The minimum Gasteiger partial charge on any atom is -0.457 e. The highest BCUT2D eigenvalue weighted by molar-refractivity contribution is 7.86. The van der Waals surface area contributed by atoms with E-state index in [0.717, 1.165) is 13.2 Å². The van der Waals surface area contributed by atoms with Gasteiger partial charge in [0.25, 0.3) is 39.7 Å². The molecule has 148 heavy (non-hydrogen) atoms. The maximum atomic E-state index is 14.5. The average molecular weight is 2180 g/mol. The van der Waals surface area contributed by atoms with Crippen LogP contribution in [-0.4, -0.2) is 240 Å².